The minimum absolute atomic E-state index is 0.0828. The lowest BCUT2D eigenvalue weighted by Gasteiger charge is -2.34. The summed E-state index contributed by atoms with van der Waals surface area (Å²) in [4.78, 5) is 16.6. The van der Waals surface area contributed by atoms with Crippen LogP contribution in [0.2, 0.25) is 0 Å². The number of carbonyl (C=O) groups is 1. The van der Waals surface area contributed by atoms with Gasteiger partial charge >= 0.3 is 6.03 Å². The van der Waals surface area contributed by atoms with Crippen molar-refractivity contribution in [1.29, 1.82) is 0 Å². The molecule has 18 heavy (non-hydrogen) atoms. The molecular weight excluding hydrogens is 244 g/mol. The number of thiophene rings is 1. The first-order valence-corrected chi connectivity index (χ1v) is 7.44. The number of rotatable bonds is 2. The fourth-order valence-corrected chi connectivity index (χ4v) is 3.51. The zero-order chi connectivity index (χ0) is 13.1. The van der Waals surface area contributed by atoms with Gasteiger partial charge in [-0.15, -0.1) is 11.3 Å². The second-order valence-corrected chi connectivity index (χ2v) is 6.89. The quantitative estimate of drug-likeness (QED) is 0.875. The van der Waals surface area contributed by atoms with Gasteiger partial charge in [0.1, 0.15) is 0 Å². The van der Waals surface area contributed by atoms with Crippen LogP contribution in [0.1, 0.15) is 30.0 Å². The lowest BCUT2D eigenvalue weighted by molar-refractivity contribution is 0.146. The highest BCUT2D eigenvalue weighted by Crippen LogP contribution is 2.21. The van der Waals surface area contributed by atoms with E-state index in [1.54, 1.807) is 11.3 Å². The number of likely N-dealkylation sites (tertiary alicyclic amines) is 1. The highest BCUT2D eigenvalue weighted by Gasteiger charge is 2.25. The Hall–Kier alpha value is -1.03. The van der Waals surface area contributed by atoms with Crippen molar-refractivity contribution < 1.29 is 4.79 Å². The van der Waals surface area contributed by atoms with Crippen LogP contribution < -0.4 is 5.32 Å². The molecule has 1 saturated heterocycles. The zero-order valence-corrected chi connectivity index (χ0v) is 12.2. The normalized spacial score (nSPS) is 24.1. The molecule has 100 valence electrons. The van der Waals surface area contributed by atoms with Crippen molar-refractivity contribution in [3.05, 3.63) is 21.9 Å². The van der Waals surface area contributed by atoms with Gasteiger partial charge in [-0.3, -0.25) is 0 Å². The second kappa shape index (κ2) is 5.74. The van der Waals surface area contributed by atoms with Crippen molar-refractivity contribution in [2.45, 2.75) is 33.7 Å². The van der Waals surface area contributed by atoms with Gasteiger partial charge < -0.3 is 10.2 Å². The molecule has 1 aromatic rings. The van der Waals surface area contributed by atoms with E-state index in [2.05, 4.69) is 38.2 Å². The summed E-state index contributed by atoms with van der Waals surface area (Å²) >= 11 is 1.74. The van der Waals surface area contributed by atoms with E-state index >= 15 is 0 Å². The first-order valence-electron chi connectivity index (χ1n) is 6.62. The van der Waals surface area contributed by atoms with Crippen molar-refractivity contribution in [2.75, 3.05) is 13.1 Å². The first-order chi connectivity index (χ1) is 8.54. The lowest BCUT2D eigenvalue weighted by Crippen LogP contribution is -2.47. The molecule has 2 amide bonds. The maximum absolute atomic E-state index is 12.1. The minimum atomic E-state index is 0.0828. The molecule has 2 atom stereocenters. The molecule has 1 aliphatic rings. The summed E-state index contributed by atoms with van der Waals surface area (Å²) in [5.74, 6) is 1.23. The molecule has 2 heterocycles. The summed E-state index contributed by atoms with van der Waals surface area (Å²) in [6.45, 7) is 8.96. The lowest BCUT2D eigenvalue weighted by atomic mass is 9.92. The molecule has 1 fully saturated rings. The van der Waals surface area contributed by atoms with Crippen LogP contribution in [0.15, 0.2) is 12.1 Å². The third-order valence-corrected chi connectivity index (χ3v) is 4.37. The van der Waals surface area contributed by atoms with Crippen LogP contribution >= 0.6 is 11.3 Å². The van der Waals surface area contributed by atoms with Crippen molar-refractivity contribution in [3.8, 4) is 0 Å². The number of aryl methyl sites for hydroxylation is 1. The number of nitrogens with zero attached hydrogens (tertiary/aromatic N) is 1. The number of amides is 2. The fraction of sp³-hybridized carbons (Fsp3) is 0.643. The molecule has 0 spiro atoms. The van der Waals surface area contributed by atoms with Crippen molar-refractivity contribution in [3.63, 3.8) is 0 Å². The molecule has 0 radical (unpaired) electrons. The van der Waals surface area contributed by atoms with E-state index in [0.29, 0.717) is 18.4 Å². The Morgan fingerprint density at radius 1 is 1.39 bits per heavy atom. The molecule has 2 rings (SSSR count). The van der Waals surface area contributed by atoms with Gasteiger partial charge in [-0.1, -0.05) is 13.8 Å². The van der Waals surface area contributed by atoms with Gasteiger partial charge in [0.25, 0.3) is 0 Å². The van der Waals surface area contributed by atoms with Crippen LogP contribution in [-0.4, -0.2) is 24.0 Å². The van der Waals surface area contributed by atoms with Gasteiger partial charge in [0.05, 0.1) is 6.54 Å². The van der Waals surface area contributed by atoms with Gasteiger partial charge in [0.15, 0.2) is 0 Å². The number of hydrogen-bond acceptors (Lipinski definition) is 2. The SMILES string of the molecule is Cc1ccc(CNC(=O)N2CC(C)CC(C)C2)s1. The van der Waals surface area contributed by atoms with Gasteiger partial charge in [-0.05, 0) is 37.3 Å². The maximum atomic E-state index is 12.1. The molecule has 1 aliphatic heterocycles. The Labute approximate surface area is 113 Å². The average Bonchev–Trinajstić information content (AvgIpc) is 2.70. The Balaban J connectivity index is 1.84. The van der Waals surface area contributed by atoms with Crippen LogP contribution in [0, 0.1) is 18.8 Å². The van der Waals surface area contributed by atoms with Crippen LogP contribution in [0.3, 0.4) is 0 Å². The van der Waals surface area contributed by atoms with Gasteiger partial charge in [-0.2, -0.15) is 0 Å². The zero-order valence-electron chi connectivity index (χ0n) is 11.4. The summed E-state index contributed by atoms with van der Waals surface area (Å²) in [5, 5.41) is 3.02. The fourth-order valence-electron chi connectivity index (χ4n) is 2.68. The second-order valence-electron chi connectivity index (χ2n) is 5.52. The van der Waals surface area contributed by atoms with E-state index < -0.39 is 0 Å². The van der Waals surface area contributed by atoms with E-state index in [0.717, 1.165) is 13.1 Å². The molecular formula is C14H22N2OS. The molecule has 1 aromatic heterocycles. The summed E-state index contributed by atoms with van der Waals surface area (Å²) < 4.78 is 0. The predicted molar refractivity (Wildman–Crippen MR) is 75.8 cm³/mol. The van der Waals surface area contributed by atoms with Crippen LogP contribution in [0.4, 0.5) is 4.79 Å². The van der Waals surface area contributed by atoms with Crippen molar-refractivity contribution in [1.82, 2.24) is 10.2 Å². The Morgan fingerprint density at radius 3 is 2.61 bits per heavy atom. The molecule has 4 heteroatoms. The van der Waals surface area contributed by atoms with E-state index in [1.807, 2.05) is 4.90 Å². The highest BCUT2D eigenvalue weighted by atomic mass is 32.1. The first kappa shape index (κ1) is 13.4. The Bertz CT molecular complexity index is 406. The van der Waals surface area contributed by atoms with E-state index in [-0.39, 0.29) is 6.03 Å². The smallest absolute Gasteiger partial charge is 0.317 e. The van der Waals surface area contributed by atoms with Gasteiger partial charge in [-0.25, -0.2) is 4.79 Å². The standard InChI is InChI=1S/C14H22N2OS/c1-10-6-11(2)9-16(8-10)14(17)15-7-13-5-4-12(3)18-13/h4-5,10-11H,6-9H2,1-3H3,(H,15,17). The Kier molecular flexibility index (Phi) is 4.27. The number of urea groups is 1. The molecule has 1 N–H and O–H groups in total. The van der Waals surface area contributed by atoms with Crippen molar-refractivity contribution in [2.24, 2.45) is 11.8 Å². The molecule has 2 unspecified atom stereocenters. The predicted octanol–water partition coefficient (Wildman–Crippen LogP) is 3.24. The van der Waals surface area contributed by atoms with E-state index in [1.165, 1.54) is 16.2 Å². The largest absolute Gasteiger partial charge is 0.333 e. The van der Waals surface area contributed by atoms with Crippen LogP contribution in [0.5, 0.6) is 0 Å². The molecule has 0 aliphatic carbocycles. The van der Waals surface area contributed by atoms with Gasteiger partial charge in [0, 0.05) is 22.8 Å². The average molecular weight is 266 g/mol. The third-order valence-electron chi connectivity index (χ3n) is 3.37. The van der Waals surface area contributed by atoms with Crippen molar-refractivity contribution >= 4 is 17.4 Å². The molecule has 0 aromatic carbocycles. The number of piperidine rings is 1. The molecule has 0 bridgehead atoms. The Morgan fingerprint density at radius 2 is 2.06 bits per heavy atom. The van der Waals surface area contributed by atoms with Gasteiger partial charge in [0.2, 0.25) is 0 Å². The number of hydrogen-bond donors (Lipinski definition) is 1. The summed E-state index contributed by atoms with van der Waals surface area (Å²) in [6, 6.07) is 4.26. The third kappa shape index (κ3) is 3.48. The molecule has 3 nitrogen and oxygen atoms in total. The summed E-state index contributed by atoms with van der Waals surface area (Å²) in [6.07, 6.45) is 1.23. The monoisotopic (exact) mass is 266 g/mol. The summed E-state index contributed by atoms with van der Waals surface area (Å²) in [5.41, 5.74) is 0. The maximum Gasteiger partial charge on any atom is 0.317 e. The minimum Gasteiger partial charge on any atom is -0.333 e. The van der Waals surface area contributed by atoms with Crippen LogP contribution in [-0.2, 0) is 6.54 Å². The van der Waals surface area contributed by atoms with E-state index in [9.17, 15) is 4.79 Å². The molecule has 0 saturated carbocycles. The van der Waals surface area contributed by atoms with E-state index in [4.69, 9.17) is 0 Å². The number of nitrogens with one attached hydrogen (secondary N) is 1. The summed E-state index contributed by atoms with van der Waals surface area (Å²) in [7, 11) is 0. The number of carbonyl (C=O) groups excluding carboxylic acids is 1. The topological polar surface area (TPSA) is 32.3 Å². The highest BCUT2D eigenvalue weighted by molar-refractivity contribution is 7.11. The van der Waals surface area contributed by atoms with Crippen LogP contribution in [0.25, 0.3) is 0 Å².